The number of halogens is 6. The van der Waals surface area contributed by atoms with Gasteiger partial charge in [0.1, 0.15) is 0 Å². The topological polar surface area (TPSA) is 0 Å². The minimum Gasteiger partial charge on any atom is -0.132 e. The predicted molar refractivity (Wildman–Crippen MR) is 96.2 cm³/mol. The second-order valence-corrected chi connectivity index (χ2v) is 12.0. The Morgan fingerprint density at radius 1 is 0.533 bits per heavy atom. The molecule has 1 aromatic rings. The average Bonchev–Trinajstić information content (AvgIpc) is 2.16. The Morgan fingerprint density at radius 3 is 0.867 bits per heavy atom. The molecule has 0 amide bonds. The summed E-state index contributed by atoms with van der Waals surface area (Å²) in [7, 11) is 0. The van der Waals surface area contributed by atoms with Crippen LogP contribution >= 0.6 is 94.5 Å². The van der Waals surface area contributed by atoms with Crippen LogP contribution in [0.5, 0.6) is 0 Å². The lowest BCUT2D eigenvalue weighted by Gasteiger charge is -2.09. The van der Waals surface area contributed by atoms with E-state index >= 15 is 0 Å². The van der Waals surface area contributed by atoms with Crippen LogP contribution in [0.2, 0.25) is 0 Å². The number of benzene rings is 1. The van der Waals surface area contributed by atoms with Crippen molar-refractivity contribution in [2.24, 2.45) is 0 Å². The summed E-state index contributed by atoms with van der Waals surface area (Å²) in [6.45, 7) is 0. The first-order chi connectivity index (χ1) is 6.91. The van der Waals surface area contributed by atoms with Crippen molar-refractivity contribution >= 4 is 124 Å². The molecule has 0 aliphatic carbocycles. The molecule has 1 rings (SSSR count). The van der Waals surface area contributed by atoms with Gasteiger partial charge < -0.3 is 0 Å². The van der Waals surface area contributed by atoms with Gasteiger partial charge in [-0.15, -0.1) is 94.5 Å². The SMILES string of the molecule is BrB(Br)c1cc(B(Br)Br)cc(B(Br)Br)c1. The normalized spacial score (nSPS) is 10.0. The zero-order valence-electron chi connectivity index (χ0n) is 7.23. The summed E-state index contributed by atoms with van der Waals surface area (Å²) in [6, 6.07) is 6.40. The van der Waals surface area contributed by atoms with Crippen LogP contribution in [0, 0.1) is 0 Å². The summed E-state index contributed by atoms with van der Waals surface area (Å²) < 4.78 is 0.503. The minimum atomic E-state index is 0.168. The largest absolute Gasteiger partial charge is 0.329 e. The molecule has 0 fully saturated rings. The monoisotopic (exact) mass is 582 g/mol. The van der Waals surface area contributed by atoms with E-state index in [0.717, 1.165) is 0 Å². The van der Waals surface area contributed by atoms with Gasteiger partial charge in [-0.1, -0.05) is 34.6 Å². The fraction of sp³-hybridized carbons (Fsp3) is 0. The Hall–Kier alpha value is 2.29. The predicted octanol–water partition coefficient (Wildman–Crippen LogP) is 3.14. The maximum absolute atomic E-state index is 3.50. The van der Waals surface area contributed by atoms with Gasteiger partial charge in [0.05, 0.1) is 0 Å². The molecule has 0 saturated heterocycles. The van der Waals surface area contributed by atoms with Gasteiger partial charge in [0.15, 0.2) is 0 Å². The van der Waals surface area contributed by atoms with Gasteiger partial charge in [0.25, 0.3) is 0 Å². The Kier molecular flexibility index (Phi) is 7.19. The summed E-state index contributed by atoms with van der Waals surface area (Å²) in [6.07, 6.45) is 0. The zero-order valence-corrected chi connectivity index (χ0v) is 16.7. The van der Waals surface area contributed by atoms with Gasteiger partial charge in [-0.05, 0) is 0 Å². The van der Waals surface area contributed by atoms with Crippen LogP contribution in [0.25, 0.3) is 0 Å². The molecular formula is C6H3B3Br6. The van der Waals surface area contributed by atoms with Crippen LogP contribution in [0.3, 0.4) is 0 Å². The molecular weight excluding hydrogens is 584 g/mol. The van der Waals surface area contributed by atoms with Crippen molar-refractivity contribution in [3.63, 3.8) is 0 Å². The van der Waals surface area contributed by atoms with Crippen LogP contribution in [-0.4, -0.2) is 13.1 Å². The summed E-state index contributed by atoms with van der Waals surface area (Å²) in [4.78, 5) is 0. The van der Waals surface area contributed by atoms with Gasteiger partial charge in [-0.3, -0.25) is 0 Å². The van der Waals surface area contributed by atoms with E-state index in [4.69, 9.17) is 0 Å². The van der Waals surface area contributed by atoms with Crippen molar-refractivity contribution in [1.82, 2.24) is 0 Å². The van der Waals surface area contributed by atoms with Crippen LogP contribution in [0.1, 0.15) is 0 Å². The van der Waals surface area contributed by atoms with Crippen molar-refractivity contribution < 1.29 is 0 Å². The molecule has 0 heterocycles. The second-order valence-electron chi connectivity index (χ2n) is 2.84. The van der Waals surface area contributed by atoms with E-state index in [2.05, 4.69) is 113 Å². The van der Waals surface area contributed by atoms with Gasteiger partial charge in [0, 0.05) is 0 Å². The maximum atomic E-state index is 3.50. The van der Waals surface area contributed by atoms with Gasteiger partial charge in [-0.2, -0.15) is 0 Å². The Bertz CT molecular complexity index is 277. The Labute approximate surface area is 140 Å². The molecule has 0 N–H and O–H groups in total. The van der Waals surface area contributed by atoms with Gasteiger partial charge in [0.2, 0.25) is 0 Å². The molecule has 0 bridgehead atoms. The standard InChI is InChI=1S/C6H3B3Br6/c10-7(11)4-1-5(8(12)13)3-6(2-4)9(14)15/h1-3H. The Morgan fingerprint density at radius 2 is 0.733 bits per heavy atom. The van der Waals surface area contributed by atoms with E-state index in [-0.39, 0.29) is 13.1 Å². The highest BCUT2D eigenvalue weighted by Gasteiger charge is 2.18. The molecule has 0 aromatic heterocycles. The summed E-state index contributed by atoms with van der Waals surface area (Å²) in [5.41, 5.74) is 3.57. The van der Waals surface area contributed by atoms with E-state index < -0.39 is 0 Å². The number of hydrogen-bond acceptors (Lipinski definition) is 0. The van der Waals surface area contributed by atoms with Crippen LogP contribution < -0.4 is 16.4 Å². The molecule has 0 aliphatic heterocycles. The molecule has 0 radical (unpaired) electrons. The lowest BCUT2D eigenvalue weighted by Crippen LogP contribution is -2.35. The van der Waals surface area contributed by atoms with Crippen molar-refractivity contribution in [3.8, 4) is 0 Å². The van der Waals surface area contributed by atoms with Crippen molar-refractivity contribution in [2.45, 2.75) is 0 Å². The summed E-state index contributed by atoms with van der Waals surface area (Å²) in [5.74, 6) is 0. The lowest BCUT2D eigenvalue weighted by atomic mass is 9.80. The van der Waals surface area contributed by atoms with E-state index in [0.29, 0.717) is 0 Å². The van der Waals surface area contributed by atoms with E-state index in [9.17, 15) is 0 Å². The third-order valence-corrected chi connectivity index (χ3v) is 4.93. The van der Waals surface area contributed by atoms with Gasteiger partial charge >= 0.3 is 13.1 Å². The molecule has 15 heavy (non-hydrogen) atoms. The third-order valence-electron chi connectivity index (χ3n) is 1.76. The molecule has 0 saturated carbocycles. The highest BCUT2D eigenvalue weighted by Crippen LogP contribution is 2.08. The minimum absolute atomic E-state index is 0.168. The number of hydrogen-bond donors (Lipinski definition) is 0. The third kappa shape index (κ3) is 4.82. The van der Waals surface area contributed by atoms with Crippen molar-refractivity contribution in [2.75, 3.05) is 0 Å². The highest BCUT2D eigenvalue weighted by molar-refractivity contribution is 9.50. The summed E-state index contributed by atoms with van der Waals surface area (Å²) in [5, 5.41) is 0. The van der Waals surface area contributed by atoms with Crippen molar-refractivity contribution in [1.29, 1.82) is 0 Å². The average molecular weight is 587 g/mol. The highest BCUT2D eigenvalue weighted by atomic mass is 79.9. The lowest BCUT2D eigenvalue weighted by molar-refractivity contribution is 1.91. The molecule has 0 atom stereocenters. The van der Waals surface area contributed by atoms with E-state index in [1.54, 1.807) is 0 Å². The van der Waals surface area contributed by atoms with Crippen LogP contribution in [0.4, 0.5) is 0 Å². The van der Waals surface area contributed by atoms with Crippen molar-refractivity contribution in [3.05, 3.63) is 18.2 Å². The first-order valence-corrected chi connectivity index (χ1v) is 9.40. The fourth-order valence-electron chi connectivity index (χ4n) is 1.08. The van der Waals surface area contributed by atoms with E-state index in [1.807, 2.05) is 0 Å². The molecule has 0 spiro atoms. The second kappa shape index (κ2) is 7.02. The van der Waals surface area contributed by atoms with E-state index in [1.165, 1.54) is 16.4 Å². The molecule has 9 heteroatoms. The molecule has 0 aliphatic rings. The smallest absolute Gasteiger partial charge is 0.132 e. The molecule has 78 valence electrons. The zero-order chi connectivity index (χ0) is 11.6. The quantitative estimate of drug-likeness (QED) is 0.478. The fourth-order valence-corrected chi connectivity index (χ4v) is 2.67. The number of rotatable bonds is 3. The molecule has 0 nitrogen and oxygen atoms in total. The summed E-state index contributed by atoms with van der Waals surface area (Å²) >= 11 is 21.0. The van der Waals surface area contributed by atoms with Crippen LogP contribution in [0.15, 0.2) is 18.2 Å². The first kappa shape index (κ1) is 15.4. The van der Waals surface area contributed by atoms with Gasteiger partial charge in [-0.25, -0.2) is 0 Å². The molecule has 1 aromatic carbocycles. The molecule has 0 unspecified atom stereocenters. The van der Waals surface area contributed by atoms with Crippen LogP contribution in [-0.2, 0) is 0 Å². The first-order valence-electron chi connectivity index (χ1n) is 3.91. The maximum Gasteiger partial charge on any atom is 0.329 e. The Balaban J connectivity index is 3.20.